The second-order valence-corrected chi connectivity index (χ2v) is 4.59. The summed E-state index contributed by atoms with van der Waals surface area (Å²) < 4.78 is 13.6. The predicted octanol–water partition coefficient (Wildman–Crippen LogP) is 4.29. The monoisotopic (exact) mass is 277 g/mol. The Kier molecular flexibility index (Phi) is 4.17. The van der Waals surface area contributed by atoms with E-state index < -0.39 is 0 Å². The second kappa shape index (κ2) is 5.85. The number of benzene rings is 2. The second-order valence-electron chi connectivity index (χ2n) is 4.19. The average Bonchev–Trinajstić information content (AvgIpc) is 2.38. The molecule has 1 N–H and O–H groups in total. The molecule has 0 unspecified atom stereocenters. The Morgan fingerprint density at radius 3 is 2.47 bits per heavy atom. The number of ketones is 1. The zero-order valence-electron chi connectivity index (χ0n) is 10.4. The van der Waals surface area contributed by atoms with E-state index in [1.807, 2.05) is 0 Å². The topological polar surface area (TPSA) is 29.1 Å². The summed E-state index contributed by atoms with van der Waals surface area (Å²) in [5.41, 5.74) is 1.89. The summed E-state index contributed by atoms with van der Waals surface area (Å²) in [7, 11) is 0. The molecule has 0 aliphatic rings. The summed E-state index contributed by atoms with van der Waals surface area (Å²) in [6.45, 7) is 1.81. The van der Waals surface area contributed by atoms with Crippen LogP contribution in [0.25, 0.3) is 0 Å². The fraction of sp³-hybridized carbons (Fsp3) is 0.133. The first kappa shape index (κ1) is 13.6. The molecule has 0 bridgehead atoms. The molecule has 2 aromatic rings. The van der Waals surface area contributed by atoms with E-state index in [0.717, 1.165) is 5.69 Å². The van der Waals surface area contributed by atoms with Gasteiger partial charge >= 0.3 is 0 Å². The van der Waals surface area contributed by atoms with Gasteiger partial charge in [0.05, 0.1) is 0 Å². The third-order valence-corrected chi connectivity index (χ3v) is 3.18. The van der Waals surface area contributed by atoms with Crippen molar-refractivity contribution in [3.63, 3.8) is 0 Å². The predicted molar refractivity (Wildman–Crippen MR) is 75.2 cm³/mol. The minimum absolute atomic E-state index is 0.0173. The largest absolute Gasteiger partial charge is 0.381 e. The van der Waals surface area contributed by atoms with Crippen molar-refractivity contribution in [1.82, 2.24) is 0 Å². The molecule has 0 fully saturated rings. The molecule has 0 amide bonds. The van der Waals surface area contributed by atoms with E-state index >= 15 is 0 Å². The van der Waals surface area contributed by atoms with Gasteiger partial charge in [0.2, 0.25) is 0 Å². The van der Waals surface area contributed by atoms with Crippen LogP contribution in [-0.4, -0.2) is 5.78 Å². The number of rotatable bonds is 4. The van der Waals surface area contributed by atoms with Gasteiger partial charge in [-0.25, -0.2) is 4.39 Å². The maximum Gasteiger partial charge on any atom is 0.159 e. The van der Waals surface area contributed by atoms with Gasteiger partial charge in [-0.2, -0.15) is 0 Å². The van der Waals surface area contributed by atoms with Crippen LogP contribution in [0.5, 0.6) is 0 Å². The smallest absolute Gasteiger partial charge is 0.159 e. The zero-order valence-corrected chi connectivity index (χ0v) is 11.2. The summed E-state index contributed by atoms with van der Waals surface area (Å²) in [4.78, 5) is 11.1. The first-order valence-corrected chi connectivity index (χ1v) is 6.23. The first-order chi connectivity index (χ1) is 9.08. The van der Waals surface area contributed by atoms with E-state index in [4.69, 9.17) is 11.6 Å². The fourth-order valence-corrected chi connectivity index (χ4v) is 1.94. The molecule has 2 aromatic carbocycles. The van der Waals surface area contributed by atoms with Gasteiger partial charge in [-0.15, -0.1) is 0 Å². The highest BCUT2D eigenvalue weighted by Gasteiger charge is 2.06. The van der Waals surface area contributed by atoms with E-state index in [1.165, 1.54) is 13.0 Å². The molecule has 0 saturated heterocycles. The average molecular weight is 278 g/mol. The molecule has 0 saturated carbocycles. The van der Waals surface area contributed by atoms with Gasteiger partial charge in [0.1, 0.15) is 5.82 Å². The molecule has 4 heteroatoms. The Bertz CT molecular complexity index is 575. The van der Waals surface area contributed by atoms with Crippen LogP contribution in [0.4, 0.5) is 10.1 Å². The van der Waals surface area contributed by atoms with Crippen molar-refractivity contribution in [2.75, 3.05) is 5.32 Å². The lowest BCUT2D eigenvalue weighted by atomic mass is 10.1. The zero-order chi connectivity index (χ0) is 13.8. The van der Waals surface area contributed by atoms with Crippen LogP contribution in [0.15, 0.2) is 42.5 Å². The number of halogens is 2. The minimum atomic E-state index is -0.333. The molecule has 2 nitrogen and oxygen atoms in total. The highest BCUT2D eigenvalue weighted by atomic mass is 35.5. The molecular formula is C15H13ClFNO. The van der Waals surface area contributed by atoms with Crippen molar-refractivity contribution in [3.05, 3.63) is 64.4 Å². The molecular weight excluding hydrogens is 265 g/mol. The van der Waals surface area contributed by atoms with Crippen molar-refractivity contribution in [2.45, 2.75) is 13.5 Å². The maximum atomic E-state index is 13.6. The number of carbonyl (C=O) groups is 1. The van der Waals surface area contributed by atoms with Crippen LogP contribution >= 0.6 is 11.6 Å². The van der Waals surface area contributed by atoms with Gasteiger partial charge < -0.3 is 5.32 Å². The standard InChI is InChI=1S/C15H13ClFNO/c1-10(19)11-5-7-12(8-6-11)18-9-13-14(16)3-2-4-15(13)17/h2-8,18H,9H2,1H3. The van der Waals surface area contributed by atoms with Crippen molar-refractivity contribution in [3.8, 4) is 0 Å². The number of hydrogen-bond acceptors (Lipinski definition) is 2. The Hall–Kier alpha value is -1.87. The van der Waals surface area contributed by atoms with Gasteiger partial charge in [0, 0.05) is 28.4 Å². The molecule has 0 aliphatic heterocycles. The van der Waals surface area contributed by atoms with E-state index in [1.54, 1.807) is 36.4 Å². The van der Waals surface area contributed by atoms with Gasteiger partial charge in [0.25, 0.3) is 0 Å². The van der Waals surface area contributed by atoms with Crippen LogP contribution in [0, 0.1) is 5.82 Å². The number of nitrogens with one attached hydrogen (secondary N) is 1. The highest BCUT2D eigenvalue weighted by Crippen LogP contribution is 2.20. The van der Waals surface area contributed by atoms with Crippen molar-refractivity contribution in [1.29, 1.82) is 0 Å². The van der Waals surface area contributed by atoms with Crippen LogP contribution in [-0.2, 0) is 6.54 Å². The Morgan fingerprint density at radius 2 is 1.89 bits per heavy atom. The molecule has 0 atom stereocenters. The lowest BCUT2D eigenvalue weighted by Gasteiger charge is -2.09. The van der Waals surface area contributed by atoms with Crippen molar-refractivity contribution in [2.24, 2.45) is 0 Å². The molecule has 0 radical (unpaired) electrons. The van der Waals surface area contributed by atoms with Crippen molar-refractivity contribution >= 4 is 23.1 Å². The quantitative estimate of drug-likeness (QED) is 0.845. The molecule has 0 spiro atoms. The molecule has 0 heterocycles. The summed E-state index contributed by atoms with van der Waals surface area (Å²) in [6, 6.07) is 11.6. The van der Waals surface area contributed by atoms with Gasteiger partial charge in [0.15, 0.2) is 5.78 Å². The molecule has 19 heavy (non-hydrogen) atoms. The van der Waals surface area contributed by atoms with E-state index in [9.17, 15) is 9.18 Å². The molecule has 0 aliphatic carbocycles. The highest BCUT2D eigenvalue weighted by molar-refractivity contribution is 6.31. The lowest BCUT2D eigenvalue weighted by molar-refractivity contribution is 0.101. The van der Waals surface area contributed by atoms with Crippen LogP contribution in [0.2, 0.25) is 5.02 Å². The number of hydrogen-bond donors (Lipinski definition) is 1. The Labute approximate surface area is 116 Å². The van der Waals surface area contributed by atoms with E-state index in [2.05, 4.69) is 5.32 Å². The lowest BCUT2D eigenvalue weighted by Crippen LogP contribution is -2.03. The molecule has 98 valence electrons. The molecule has 2 rings (SSSR count). The summed E-state index contributed by atoms with van der Waals surface area (Å²) in [5, 5.41) is 3.47. The van der Waals surface area contributed by atoms with Crippen molar-refractivity contribution < 1.29 is 9.18 Å². The number of anilines is 1. The van der Waals surface area contributed by atoms with Gasteiger partial charge in [-0.3, -0.25) is 4.79 Å². The van der Waals surface area contributed by atoms with Crippen LogP contribution in [0.1, 0.15) is 22.8 Å². The fourth-order valence-electron chi connectivity index (χ4n) is 1.71. The molecule has 0 aromatic heterocycles. The summed E-state index contributed by atoms with van der Waals surface area (Å²) in [6.07, 6.45) is 0. The third kappa shape index (κ3) is 3.32. The first-order valence-electron chi connectivity index (χ1n) is 5.85. The van der Waals surface area contributed by atoms with E-state index in [-0.39, 0.29) is 11.6 Å². The third-order valence-electron chi connectivity index (χ3n) is 2.82. The van der Waals surface area contributed by atoms with Gasteiger partial charge in [-0.1, -0.05) is 17.7 Å². The number of carbonyl (C=O) groups excluding carboxylic acids is 1. The normalized spacial score (nSPS) is 10.3. The maximum absolute atomic E-state index is 13.6. The SMILES string of the molecule is CC(=O)c1ccc(NCc2c(F)cccc2Cl)cc1. The number of Topliss-reactive ketones (excluding diaryl/α,β-unsaturated/α-hetero) is 1. The minimum Gasteiger partial charge on any atom is -0.381 e. The van der Waals surface area contributed by atoms with Crippen LogP contribution in [0.3, 0.4) is 0 Å². The summed E-state index contributed by atoms with van der Waals surface area (Å²) in [5.74, 6) is -0.316. The Balaban J connectivity index is 2.08. The summed E-state index contributed by atoms with van der Waals surface area (Å²) >= 11 is 5.94. The van der Waals surface area contributed by atoms with E-state index in [0.29, 0.717) is 22.7 Å². The van der Waals surface area contributed by atoms with Crippen LogP contribution < -0.4 is 5.32 Å². The van der Waals surface area contributed by atoms with Gasteiger partial charge in [-0.05, 0) is 43.3 Å². The Morgan fingerprint density at radius 1 is 1.21 bits per heavy atom.